The third-order valence-corrected chi connectivity index (χ3v) is 9.92. The van der Waals surface area contributed by atoms with E-state index in [1.54, 1.807) is 0 Å². The number of nitrogens with zero attached hydrogens (tertiary/aromatic N) is 1. The topological polar surface area (TPSA) is 142 Å². The molecule has 0 spiro atoms. The normalized spacial score (nSPS) is 21.7. The number of benzene rings is 2. The minimum Gasteiger partial charge on any atom is -0.485 e. The van der Waals surface area contributed by atoms with Gasteiger partial charge in [0.05, 0.1) is 27.4 Å². The van der Waals surface area contributed by atoms with Crippen LogP contribution in [0.1, 0.15) is 19.8 Å². The first-order valence-corrected chi connectivity index (χ1v) is 14.1. The van der Waals surface area contributed by atoms with E-state index in [1.807, 2.05) is 6.92 Å². The summed E-state index contributed by atoms with van der Waals surface area (Å²) in [6.45, 7) is 1.45. The zero-order valence-electron chi connectivity index (χ0n) is 18.4. The standard InChI is InChI=1S/C21H23ClFN3O7S2/c1-2-12-7-20(12)34(29,30)24-10-14-11-26(35(31,32)15-4-5-17(23)16(22)9-15)18-8-13(25-21(27)28)3-6-19(18)33-14/h3-6,8-9,12,14,20,24-25H,2,7,10-11H2,1H3,(H,27,28)/t12?,14-,20?/m0/s1. The van der Waals surface area contributed by atoms with Gasteiger partial charge >= 0.3 is 6.09 Å². The number of carbonyl (C=O) groups is 1. The molecule has 0 radical (unpaired) electrons. The molecule has 1 heterocycles. The maximum Gasteiger partial charge on any atom is 0.409 e. The summed E-state index contributed by atoms with van der Waals surface area (Å²) in [5.74, 6) is -0.592. The van der Waals surface area contributed by atoms with Crippen molar-refractivity contribution in [2.24, 2.45) is 5.92 Å². The maximum atomic E-state index is 13.7. The Morgan fingerprint density at radius 1 is 1.23 bits per heavy atom. The Bertz CT molecular complexity index is 1370. The van der Waals surface area contributed by atoms with E-state index in [1.165, 1.54) is 18.2 Å². The summed E-state index contributed by atoms with van der Waals surface area (Å²) < 4.78 is 75.1. The van der Waals surface area contributed by atoms with E-state index >= 15 is 0 Å². The molecule has 2 aromatic rings. The second-order valence-corrected chi connectivity index (χ2v) is 12.6. The van der Waals surface area contributed by atoms with Crippen molar-refractivity contribution in [1.29, 1.82) is 0 Å². The molecule has 1 fully saturated rings. The first kappa shape index (κ1) is 25.5. The van der Waals surface area contributed by atoms with Gasteiger partial charge in [-0.1, -0.05) is 24.9 Å². The molecule has 0 aromatic heterocycles. The summed E-state index contributed by atoms with van der Waals surface area (Å²) in [6.07, 6.45) is -0.914. The number of hydrogen-bond donors (Lipinski definition) is 3. The molecule has 3 N–H and O–H groups in total. The molecule has 1 amide bonds. The second-order valence-electron chi connectivity index (χ2n) is 8.30. The van der Waals surface area contributed by atoms with Gasteiger partial charge in [-0.05, 0) is 48.7 Å². The van der Waals surface area contributed by atoms with Crippen LogP contribution in [0.25, 0.3) is 0 Å². The Labute approximate surface area is 207 Å². The highest BCUT2D eigenvalue weighted by molar-refractivity contribution is 7.92. The van der Waals surface area contributed by atoms with Gasteiger partial charge in [0.15, 0.2) is 0 Å². The van der Waals surface area contributed by atoms with Crippen molar-refractivity contribution < 1.29 is 35.9 Å². The Balaban J connectivity index is 1.66. The zero-order valence-corrected chi connectivity index (χ0v) is 20.8. The highest BCUT2D eigenvalue weighted by Crippen LogP contribution is 2.41. The quantitative estimate of drug-likeness (QED) is 0.460. The van der Waals surface area contributed by atoms with E-state index in [9.17, 15) is 26.0 Å². The lowest BCUT2D eigenvalue weighted by atomic mass is 10.2. The molecule has 1 aliphatic heterocycles. The fourth-order valence-corrected chi connectivity index (χ4v) is 7.56. The van der Waals surface area contributed by atoms with Crippen molar-refractivity contribution in [3.8, 4) is 5.75 Å². The second kappa shape index (κ2) is 9.45. The number of carboxylic acid groups (broad SMARTS) is 1. The molecule has 2 unspecified atom stereocenters. The Morgan fingerprint density at radius 3 is 2.60 bits per heavy atom. The Hall–Kier alpha value is -2.61. The fourth-order valence-electron chi connectivity index (χ4n) is 3.96. The van der Waals surface area contributed by atoms with E-state index in [2.05, 4.69) is 10.0 Å². The van der Waals surface area contributed by atoms with Gasteiger partial charge in [-0.2, -0.15) is 0 Å². The summed E-state index contributed by atoms with van der Waals surface area (Å²) in [6, 6.07) is 6.99. The van der Waals surface area contributed by atoms with Crippen LogP contribution < -0.4 is 19.1 Å². The fraction of sp³-hybridized carbons (Fsp3) is 0.381. The van der Waals surface area contributed by atoms with Gasteiger partial charge in [0, 0.05) is 12.2 Å². The largest absolute Gasteiger partial charge is 0.485 e. The molecular formula is C21H23ClFN3O7S2. The van der Waals surface area contributed by atoms with Gasteiger partial charge in [0.2, 0.25) is 10.0 Å². The van der Waals surface area contributed by atoms with Crippen molar-refractivity contribution >= 4 is 49.1 Å². The van der Waals surface area contributed by atoms with Gasteiger partial charge in [-0.3, -0.25) is 9.62 Å². The lowest BCUT2D eigenvalue weighted by Crippen LogP contribution is -2.48. The predicted octanol–water partition coefficient (Wildman–Crippen LogP) is 3.24. The summed E-state index contributed by atoms with van der Waals surface area (Å²) in [4.78, 5) is 10.8. The van der Waals surface area contributed by atoms with Crippen LogP contribution >= 0.6 is 11.6 Å². The molecule has 35 heavy (non-hydrogen) atoms. The zero-order chi connectivity index (χ0) is 25.5. The van der Waals surface area contributed by atoms with Crippen molar-refractivity contribution in [2.45, 2.75) is 36.0 Å². The molecule has 2 aromatic carbocycles. The molecule has 10 nitrogen and oxygen atoms in total. The van der Waals surface area contributed by atoms with E-state index in [0.717, 1.165) is 28.9 Å². The number of halogens is 2. The number of nitrogens with one attached hydrogen (secondary N) is 2. The SMILES string of the molecule is CCC1CC1S(=O)(=O)NC[C@H]1CN(S(=O)(=O)c2ccc(F)c(Cl)c2)c2cc(NC(=O)O)ccc2O1. The van der Waals surface area contributed by atoms with Crippen LogP contribution in [0.4, 0.5) is 20.6 Å². The van der Waals surface area contributed by atoms with Crippen LogP contribution in [0, 0.1) is 11.7 Å². The summed E-state index contributed by atoms with van der Waals surface area (Å²) in [5.41, 5.74) is 0.125. The van der Waals surface area contributed by atoms with Gasteiger partial charge in [0.25, 0.3) is 10.0 Å². The number of sulfonamides is 2. The Morgan fingerprint density at radius 2 is 1.97 bits per heavy atom. The van der Waals surface area contributed by atoms with Crippen LogP contribution in [-0.4, -0.2) is 52.5 Å². The molecule has 0 bridgehead atoms. The van der Waals surface area contributed by atoms with Gasteiger partial charge in [-0.25, -0.2) is 30.7 Å². The average molecular weight is 548 g/mol. The summed E-state index contributed by atoms with van der Waals surface area (Å²) >= 11 is 5.79. The monoisotopic (exact) mass is 547 g/mol. The molecule has 1 aliphatic carbocycles. The van der Waals surface area contributed by atoms with Crippen LogP contribution in [0.15, 0.2) is 41.3 Å². The summed E-state index contributed by atoms with van der Waals surface area (Å²) in [7, 11) is -7.91. The number of amides is 1. The van der Waals surface area contributed by atoms with Crippen molar-refractivity contribution in [3.63, 3.8) is 0 Å². The minimum atomic E-state index is -4.31. The van der Waals surface area contributed by atoms with Gasteiger partial charge in [-0.15, -0.1) is 0 Å². The third kappa shape index (κ3) is 5.32. The number of fused-ring (bicyclic) bond motifs is 1. The maximum absolute atomic E-state index is 13.7. The lowest BCUT2D eigenvalue weighted by Gasteiger charge is -2.35. The smallest absolute Gasteiger partial charge is 0.409 e. The van der Waals surface area contributed by atoms with Gasteiger partial charge in [0.1, 0.15) is 17.7 Å². The molecule has 4 rings (SSSR count). The number of hydrogen-bond acceptors (Lipinski definition) is 6. The molecule has 190 valence electrons. The van der Waals surface area contributed by atoms with Crippen molar-refractivity contribution in [1.82, 2.24) is 4.72 Å². The highest BCUT2D eigenvalue weighted by Gasteiger charge is 2.46. The predicted molar refractivity (Wildman–Crippen MR) is 128 cm³/mol. The Kier molecular flexibility index (Phi) is 6.88. The van der Waals surface area contributed by atoms with Crippen molar-refractivity contribution in [2.75, 3.05) is 22.7 Å². The molecule has 2 aliphatic rings. The van der Waals surface area contributed by atoms with E-state index in [-0.39, 0.29) is 46.0 Å². The van der Waals surface area contributed by atoms with Crippen LogP contribution in [0.2, 0.25) is 5.02 Å². The summed E-state index contributed by atoms with van der Waals surface area (Å²) in [5, 5.41) is 10.3. The number of anilines is 2. The molecule has 3 atom stereocenters. The first-order valence-electron chi connectivity index (χ1n) is 10.7. The molecule has 1 saturated carbocycles. The van der Waals surface area contributed by atoms with Crippen LogP contribution in [0.5, 0.6) is 5.75 Å². The lowest BCUT2D eigenvalue weighted by molar-refractivity contribution is 0.203. The molecule has 14 heteroatoms. The van der Waals surface area contributed by atoms with E-state index in [4.69, 9.17) is 21.4 Å². The van der Waals surface area contributed by atoms with Gasteiger partial charge < -0.3 is 9.84 Å². The average Bonchev–Trinajstić information content (AvgIpc) is 3.60. The minimum absolute atomic E-state index is 0.0315. The van der Waals surface area contributed by atoms with E-state index < -0.39 is 43.3 Å². The highest BCUT2D eigenvalue weighted by atomic mass is 35.5. The van der Waals surface area contributed by atoms with E-state index in [0.29, 0.717) is 6.42 Å². The third-order valence-electron chi connectivity index (χ3n) is 5.91. The van der Waals surface area contributed by atoms with Crippen molar-refractivity contribution in [3.05, 3.63) is 47.2 Å². The molecular weight excluding hydrogens is 525 g/mol. The molecule has 0 saturated heterocycles. The van der Waals surface area contributed by atoms with Crippen LogP contribution in [0.3, 0.4) is 0 Å². The number of ether oxygens (including phenoxy) is 1. The first-order chi connectivity index (χ1) is 16.4. The van der Waals surface area contributed by atoms with Crippen LogP contribution in [-0.2, 0) is 20.0 Å². The number of rotatable bonds is 8.